The van der Waals surface area contributed by atoms with Crippen LogP contribution in [0.1, 0.15) is 39.0 Å². The van der Waals surface area contributed by atoms with Crippen molar-refractivity contribution in [3.63, 3.8) is 0 Å². The minimum absolute atomic E-state index is 0.224. The van der Waals surface area contributed by atoms with E-state index in [2.05, 4.69) is 36.8 Å². The van der Waals surface area contributed by atoms with Crippen molar-refractivity contribution in [2.24, 2.45) is 10.8 Å². The third kappa shape index (κ3) is 3.64. The average molecular weight is 270 g/mol. The summed E-state index contributed by atoms with van der Waals surface area (Å²) in [7, 11) is 2.17. The minimum Gasteiger partial charge on any atom is -0.356 e. The van der Waals surface area contributed by atoms with Gasteiger partial charge in [-0.15, -0.1) is 0 Å². The number of nitrogens with one attached hydrogen (secondary N) is 1. The molecule has 1 N–H and O–H groups in total. The predicted molar refractivity (Wildman–Crippen MR) is 78.0 cm³/mol. The first-order valence-electron chi connectivity index (χ1n) is 7.03. The van der Waals surface area contributed by atoms with Gasteiger partial charge in [-0.25, -0.2) is 0 Å². The molecule has 0 atom stereocenters. The number of carbonyl (C=O) groups is 1. The first-order chi connectivity index (χ1) is 8.47. The van der Waals surface area contributed by atoms with Crippen LogP contribution in [0.3, 0.4) is 0 Å². The fourth-order valence-corrected chi connectivity index (χ4v) is 3.05. The molecule has 1 saturated carbocycles. The average Bonchev–Trinajstić information content (AvgIpc) is 3.12. The lowest BCUT2D eigenvalue weighted by Gasteiger charge is -2.38. The molecule has 1 amide bonds. The molecule has 2 aliphatic rings. The van der Waals surface area contributed by atoms with Crippen LogP contribution >= 0.6 is 12.6 Å². The standard InChI is InChI=1S/C14H26N2OS/c1-13(5-7-16(2)8-6-13)10-15-12(17)9-14(11-18)3-4-14/h18H,3-11H2,1-2H3,(H,15,17). The number of nitrogens with zero attached hydrogens (tertiary/aromatic N) is 1. The first kappa shape index (κ1) is 14.2. The number of likely N-dealkylation sites (tertiary alicyclic amines) is 1. The van der Waals surface area contributed by atoms with Crippen molar-refractivity contribution in [2.45, 2.75) is 39.0 Å². The van der Waals surface area contributed by atoms with Crippen LogP contribution in [0, 0.1) is 10.8 Å². The van der Waals surface area contributed by atoms with E-state index in [0.717, 1.165) is 25.4 Å². The van der Waals surface area contributed by atoms with Gasteiger partial charge >= 0.3 is 0 Å². The Morgan fingerprint density at radius 3 is 2.39 bits per heavy atom. The molecule has 0 spiro atoms. The second-order valence-electron chi connectivity index (χ2n) is 6.73. The van der Waals surface area contributed by atoms with Crippen molar-refractivity contribution in [1.29, 1.82) is 0 Å². The highest BCUT2D eigenvalue weighted by molar-refractivity contribution is 7.80. The van der Waals surface area contributed by atoms with Crippen molar-refractivity contribution >= 4 is 18.5 Å². The molecule has 0 bridgehead atoms. The predicted octanol–water partition coefficient (Wildman–Crippen LogP) is 1.93. The summed E-state index contributed by atoms with van der Waals surface area (Å²) in [5.74, 6) is 1.07. The van der Waals surface area contributed by atoms with E-state index in [9.17, 15) is 4.79 Å². The first-order valence-corrected chi connectivity index (χ1v) is 7.66. The summed E-state index contributed by atoms with van der Waals surface area (Å²) in [5, 5.41) is 3.15. The van der Waals surface area contributed by atoms with E-state index in [1.54, 1.807) is 0 Å². The third-order valence-corrected chi connectivity index (χ3v) is 5.41. The van der Waals surface area contributed by atoms with Gasteiger partial charge in [0.05, 0.1) is 0 Å². The fraction of sp³-hybridized carbons (Fsp3) is 0.929. The van der Waals surface area contributed by atoms with E-state index >= 15 is 0 Å². The van der Waals surface area contributed by atoms with Gasteiger partial charge in [0.1, 0.15) is 0 Å². The Morgan fingerprint density at radius 1 is 1.28 bits per heavy atom. The molecular formula is C14H26N2OS. The summed E-state index contributed by atoms with van der Waals surface area (Å²) < 4.78 is 0. The Labute approximate surface area is 116 Å². The molecule has 0 radical (unpaired) electrons. The number of piperidine rings is 1. The maximum absolute atomic E-state index is 12.0. The number of amides is 1. The molecule has 2 fully saturated rings. The lowest BCUT2D eigenvalue weighted by Crippen LogP contribution is -2.43. The number of hydrogen-bond donors (Lipinski definition) is 2. The van der Waals surface area contributed by atoms with Gasteiger partial charge < -0.3 is 10.2 Å². The number of hydrogen-bond acceptors (Lipinski definition) is 3. The highest BCUT2D eigenvalue weighted by Gasteiger charge is 2.43. The summed E-state index contributed by atoms with van der Waals surface area (Å²) in [6, 6.07) is 0. The van der Waals surface area contributed by atoms with Crippen LogP contribution in [-0.2, 0) is 4.79 Å². The zero-order valence-corrected chi connectivity index (χ0v) is 12.6. The van der Waals surface area contributed by atoms with Crippen LogP contribution in [0.25, 0.3) is 0 Å². The Kier molecular flexibility index (Phi) is 4.27. The minimum atomic E-state index is 0.224. The monoisotopic (exact) mass is 270 g/mol. The molecule has 0 aromatic rings. The molecule has 1 saturated heterocycles. The number of rotatable bonds is 5. The van der Waals surface area contributed by atoms with E-state index in [4.69, 9.17) is 0 Å². The van der Waals surface area contributed by atoms with Gasteiger partial charge in [0.2, 0.25) is 5.91 Å². The van der Waals surface area contributed by atoms with Crippen molar-refractivity contribution in [1.82, 2.24) is 10.2 Å². The van der Waals surface area contributed by atoms with Gasteiger partial charge in [0, 0.05) is 13.0 Å². The van der Waals surface area contributed by atoms with Gasteiger partial charge in [-0.3, -0.25) is 4.79 Å². The lowest BCUT2D eigenvalue weighted by atomic mass is 9.80. The quantitative estimate of drug-likeness (QED) is 0.748. The smallest absolute Gasteiger partial charge is 0.220 e. The summed E-state index contributed by atoms with van der Waals surface area (Å²) >= 11 is 4.35. The molecule has 0 aromatic carbocycles. The summed E-state index contributed by atoms with van der Waals surface area (Å²) in [6.07, 6.45) is 5.38. The van der Waals surface area contributed by atoms with Crippen LogP contribution in [0.15, 0.2) is 0 Å². The SMILES string of the molecule is CN1CCC(C)(CNC(=O)CC2(CS)CC2)CC1. The van der Waals surface area contributed by atoms with E-state index in [1.165, 1.54) is 25.7 Å². The van der Waals surface area contributed by atoms with Crippen molar-refractivity contribution in [2.75, 3.05) is 32.4 Å². The van der Waals surface area contributed by atoms with Gasteiger partial charge in [0.25, 0.3) is 0 Å². The summed E-state index contributed by atoms with van der Waals surface area (Å²) in [6.45, 7) is 5.42. The molecule has 4 heteroatoms. The Balaban J connectivity index is 1.72. The van der Waals surface area contributed by atoms with E-state index < -0.39 is 0 Å². The molecule has 0 unspecified atom stereocenters. The van der Waals surface area contributed by atoms with Crippen LogP contribution in [-0.4, -0.2) is 43.2 Å². The van der Waals surface area contributed by atoms with Crippen molar-refractivity contribution in [3.05, 3.63) is 0 Å². The van der Waals surface area contributed by atoms with Crippen molar-refractivity contribution in [3.8, 4) is 0 Å². The maximum atomic E-state index is 12.0. The Morgan fingerprint density at radius 2 is 1.89 bits per heavy atom. The second kappa shape index (κ2) is 5.41. The van der Waals surface area contributed by atoms with E-state index in [0.29, 0.717) is 11.8 Å². The summed E-state index contributed by atoms with van der Waals surface area (Å²) in [5.41, 5.74) is 0.529. The van der Waals surface area contributed by atoms with Crippen LogP contribution < -0.4 is 5.32 Å². The highest BCUT2D eigenvalue weighted by atomic mass is 32.1. The Bertz CT molecular complexity index is 307. The molecular weight excluding hydrogens is 244 g/mol. The number of thiol groups is 1. The second-order valence-corrected chi connectivity index (χ2v) is 7.04. The molecule has 1 aliphatic heterocycles. The topological polar surface area (TPSA) is 32.3 Å². The van der Waals surface area contributed by atoms with E-state index in [1.807, 2.05) is 0 Å². The van der Waals surface area contributed by atoms with Gasteiger partial charge in [-0.1, -0.05) is 6.92 Å². The molecule has 0 aromatic heterocycles. The molecule has 18 heavy (non-hydrogen) atoms. The molecule has 1 heterocycles. The van der Waals surface area contributed by atoms with Crippen LogP contribution in [0.2, 0.25) is 0 Å². The third-order valence-electron chi connectivity index (χ3n) is 4.73. The van der Waals surface area contributed by atoms with Crippen molar-refractivity contribution < 1.29 is 4.79 Å². The lowest BCUT2D eigenvalue weighted by molar-refractivity contribution is -0.122. The number of carbonyl (C=O) groups excluding carboxylic acids is 1. The van der Waals surface area contributed by atoms with Crippen LogP contribution in [0.4, 0.5) is 0 Å². The van der Waals surface area contributed by atoms with Gasteiger partial charge in [-0.05, 0) is 62.4 Å². The highest BCUT2D eigenvalue weighted by Crippen LogP contribution is 2.49. The molecule has 1 aliphatic carbocycles. The maximum Gasteiger partial charge on any atom is 0.220 e. The Hall–Kier alpha value is -0.220. The largest absolute Gasteiger partial charge is 0.356 e. The zero-order chi connectivity index (χ0) is 13.2. The van der Waals surface area contributed by atoms with Gasteiger partial charge in [0.15, 0.2) is 0 Å². The summed E-state index contributed by atoms with van der Waals surface area (Å²) in [4.78, 5) is 14.3. The molecule has 104 valence electrons. The fourth-order valence-electron chi connectivity index (χ4n) is 2.62. The van der Waals surface area contributed by atoms with Gasteiger partial charge in [-0.2, -0.15) is 12.6 Å². The molecule has 3 nitrogen and oxygen atoms in total. The normalized spacial score (nSPS) is 25.7. The van der Waals surface area contributed by atoms with Crippen LogP contribution in [0.5, 0.6) is 0 Å². The zero-order valence-electron chi connectivity index (χ0n) is 11.7. The molecule has 2 rings (SSSR count). The van der Waals surface area contributed by atoms with E-state index in [-0.39, 0.29) is 11.3 Å².